The minimum absolute atomic E-state index is 0.310. The Labute approximate surface area is 142 Å². The van der Waals surface area contributed by atoms with Crippen LogP contribution in [0.2, 0.25) is 0 Å². The number of nitrogens with two attached hydrogens (primary N) is 2. The second kappa shape index (κ2) is 6.60. The van der Waals surface area contributed by atoms with Gasteiger partial charge in [-0.3, -0.25) is 0 Å². The van der Waals surface area contributed by atoms with Crippen LogP contribution in [0, 0.1) is 6.92 Å². The predicted octanol–water partition coefficient (Wildman–Crippen LogP) is 1.54. The van der Waals surface area contributed by atoms with Crippen LogP contribution in [0.25, 0.3) is 11.1 Å². The maximum atomic E-state index is 5.92. The van der Waals surface area contributed by atoms with Gasteiger partial charge >= 0.3 is 0 Å². The van der Waals surface area contributed by atoms with E-state index in [9.17, 15) is 0 Å². The lowest BCUT2D eigenvalue weighted by Crippen LogP contribution is -2.42. The van der Waals surface area contributed by atoms with E-state index in [1.165, 1.54) is 0 Å². The molecular formula is C17H25N7. The standard InChI is InChI=1S/C17H25N7/c1-11-15(12-4-5-14(18)20-10-12)16(22-17(19)21-11)24-8-6-13(7-9-24)23(2)3/h4-5,10,13H,6-9H2,1-3H3,(H2,18,20)(H2,19,21,22). The highest BCUT2D eigenvalue weighted by molar-refractivity contribution is 5.78. The number of piperidine rings is 1. The van der Waals surface area contributed by atoms with Crippen molar-refractivity contribution in [2.75, 3.05) is 43.6 Å². The van der Waals surface area contributed by atoms with Crippen LogP contribution < -0.4 is 16.4 Å². The summed E-state index contributed by atoms with van der Waals surface area (Å²) in [6, 6.07) is 4.37. The van der Waals surface area contributed by atoms with Crippen LogP contribution in [0.15, 0.2) is 18.3 Å². The third-order valence-electron chi connectivity index (χ3n) is 4.66. The molecule has 0 aromatic carbocycles. The molecule has 0 spiro atoms. The Hall–Kier alpha value is -2.41. The zero-order chi connectivity index (χ0) is 17.3. The predicted molar refractivity (Wildman–Crippen MR) is 97.7 cm³/mol. The summed E-state index contributed by atoms with van der Waals surface area (Å²) < 4.78 is 0. The molecule has 128 valence electrons. The Morgan fingerprint density at radius 3 is 2.42 bits per heavy atom. The highest BCUT2D eigenvalue weighted by Gasteiger charge is 2.25. The van der Waals surface area contributed by atoms with Crippen LogP contribution in [-0.4, -0.2) is 53.1 Å². The maximum Gasteiger partial charge on any atom is 0.222 e. The summed E-state index contributed by atoms with van der Waals surface area (Å²) in [5.41, 5.74) is 14.4. The average molecular weight is 327 g/mol. The molecule has 0 aliphatic carbocycles. The normalized spacial score (nSPS) is 15.9. The molecule has 24 heavy (non-hydrogen) atoms. The van der Waals surface area contributed by atoms with Gasteiger partial charge in [-0.15, -0.1) is 0 Å². The van der Waals surface area contributed by atoms with Crippen LogP contribution in [0.1, 0.15) is 18.5 Å². The van der Waals surface area contributed by atoms with E-state index in [4.69, 9.17) is 11.5 Å². The molecule has 3 rings (SSSR count). The average Bonchev–Trinajstić information content (AvgIpc) is 2.55. The fraction of sp³-hybridized carbons (Fsp3) is 0.471. The van der Waals surface area contributed by atoms with E-state index in [0.29, 0.717) is 17.8 Å². The molecule has 7 heteroatoms. The van der Waals surface area contributed by atoms with Crippen molar-refractivity contribution in [3.63, 3.8) is 0 Å². The van der Waals surface area contributed by atoms with Crippen molar-refractivity contribution in [2.24, 2.45) is 0 Å². The Balaban J connectivity index is 1.97. The van der Waals surface area contributed by atoms with Crippen molar-refractivity contribution in [3.05, 3.63) is 24.0 Å². The SMILES string of the molecule is Cc1nc(N)nc(N2CCC(N(C)C)CC2)c1-c1ccc(N)nc1. The summed E-state index contributed by atoms with van der Waals surface area (Å²) in [5, 5.41) is 0. The van der Waals surface area contributed by atoms with Gasteiger partial charge in [0.15, 0.2) is 0 Å². The van der Waals surface area contributed by atoms with Gasteiger partial charge in [0.05, 0.1) is 5.69 Å². The number of hydrogen-bond acceptors (Lipinski definition) is 7. The van der Waals surface area contributed by atoms with E-state index in [1.807, 2.05) is 13.0 Å². The van der Waals surface area contributed by atoms with Crippen LogP contribution in [0.5, 0.6) is 0 Å². The molecule has 0 bridgehead atoms. The highest BCUT2D eigenvalue weighted by atomic mass is 15.2. The van der Waals surface area contributed by atoms with Crippen molar-refractivity contribution in [1.29, 1.82) is 0 Å². The molecule has 0 unspecified atom stereocenters. The Morgan fingerprint density at radius 1 is 1.12 bits per heavy atom. The second-order valence-corrected chi connectivity index (χ2v) is 6.52. The van der Waals surface area contributed by atoms with Gasteiger partial charge in [-0.2, -0.15) is 4.98 Å². The number of nitrogens with zero attached hydrogens (tertiary/aromatic N) is 5. The third kappa shape index (κ3) is 3.26. The molecular weight excluding hydrogens is 302 g/mol. The van der Waals surface area contributed by atoms with Gasteiger partial charge in [-0.25, -0.2) is 9.97 Å². The van der Waals surface area contributed by atoms with Crippen molar-refractivity contribution in [1.82, 2.24) is 19.9 Å². The number of anilines is 3. The summed E-state index contributed by atoms with van der Waals surface area (Å²) in [5.74, 6) is 1.70. The van der Waals surface area contributed by atoms with E-state index in [1.54, 1.807) is 12.3 Å². The lowest BCUT2D eigenvalue weighted by molar-refractivity contribution is 0.249. The summed E-state index contributed by atoms with van der Waals surface area (Å²) in [6.45, 7) is 3.86. The quantitative estimate of drug-likeness (QED) is 0.882. The number of aryl methyl sites for hydroxylation is 1. The van der Waals surface area contributed by atoms with Crippen molar-refractivity contribution < 1.29 is 0 Å². The van der Waals surface area contributed by atoms with E-state index in [2.05, 4.69) is 38.8 Å². The van der Waals surface area contributed by atoms with Gasteiger partial charge in [0, 0.05) is 36.5 Å². The van der Waals surface area contributed by atoms with Gasteiger partial charge in [0.1, 0.15) is 11.6 Å². The van der Waals surface area contributed by atoms with Crippen molar-refractivity contribution in [3.8, 4) is 11.1 Å². The fourth-order valence-corrected chi connectivity index (χ4v) is 3.29. The highest BCUT2D eigenvalue weighted by Crippen LogP contribution is 2.33. The van der Waals surface area contributed by atoms with Gasteiger partial charge in [-0.05, 0) is 46.0 Å². The smallest absolute Gasteiger partial charge is 0.222 e. The Morgan fingerprint density at radius 2 is 1.83 bits per heavy atom. The summed E-state index contributed by atoms with van der Waals surface area (Å²) in [7, 11) is 4.28. The zero-order valence-electron chi connectivity index (χ0n) is 14.5. The Kier molecular flexibility index (Phi) is 4.53. The van der Waals surface area contributed by atoms with Gasteiger partial charge < -0.3 is 21.3 Å². The number of nitrogen functional groups attached to an aromatic ring is 2. The number of rotatable bonds is 3. The summed E-state index contributed by atoms with van der Waals surface area (Å²) >= 11 is 0. The van der Waals surface area contributed by atoms with Crippen LogP contribution in [-0.2, 0) is 0 Å². The molecule has 0 radical (unpaired) electrons. The molecule has 1 fully saturated rings. The molecule has 0 amide bonds. The Bertz CT molecular complexity index is 704. The van der Waals surface area contributed by atoms with Crippen molar-refractivity contribution >= 4 is 17.6 Å². The topological polar surface area (TPSA) is 97.2 Å². The lowest BCUT2D eigenvalue weighted by Gasteiger charge is -2.36. The van der Waals surface area contributed by atoms with Crippen LogP contribution >= 0.6 is 0 Å². The van der Waals surface area contributed by atoms with E-state index >= 15 is 0 Å². The van der Waals surface area contributed by atoms with E-state index in [-0.39, 0.29) is 0 Å². The number of aromatic nitrogens is 3. The molecule has 2 aromatic rings. The van der Waals surface area contributed by atoms with Crippen molar-refractivity contribution in [2.45, 2.75) is 25.8 Å². The molecule has 3 heterocycles. The first-order valence-corrected chi connectivity index (χ1v) is 8.23. The molecule has 4 N–H and O–H groups in total. The summed E-state index contributed by atoms with van der Waals surface area (Å²) in [6.07, 6.45) is 3.98. The van der Waals surface area contributed by atoms with Gasteiger partial charge in [0.25, 0.3) is 0 Å². The van der Waals surface area contributed by atoms with Crippen LogP contribution in [0.4, 0.5) is 17.6 Å². The maximum absolute atomic E-state index is 5.92. The van der Waals surface area contributed by atoms with E-state index in [0.717, 1.165) is 48.6 Å². The lowest BCUT2D eigenvalue weighted by atomic mass is 10.0. The molecule has 0 atom stereocenters. The minimum atomic E-state index is 0.310. The zero-order valence-corrected chi connectivity index (χ0v) is 14.5. The number of pyridine rings is 1. The molecule has 1 aliphatic heterocycles. The molecule has 2 aromatic heterocycles. The molecule has 1 aliphatic rings. The van der Waals surface area contributed by atoms with Gasteiger partial charge in [-0.1, -0.05) is 0 Å². The summed E-state index contributed by atoms with van der Waals surface area (Å²) in [4.78, 5) is 17.7. The molecule has 1 saturated heterocycles. The first kappa shape index (κ1) is 16.4. The monoisotopic (exact) mass is 327 g/mol. The minimum Gasteiger partial charge on any atom is -0.384 e. The van der Waals surface area contributed by atoms with Crippen LogP contribution in [0.3, 0.4) is 0 Å². The fourth-order valence-electron chi connectivity index (χ4n) is 3.29. The number of hydrogen-bond donors (Lipinski definition) is 2. The molecule has 0 saturated carbocycles. The first-order valence-electron chi connectivity index (χ1n) is 8.23. The van der Waals surface area contributed by atoms with Gasteiger partial charge in [0.2, 0.25) is 5.95 Å². The molecule has 7 nitrogen and oxygen atoms in total. The first-order chi connectivity index (χ1) is 11.5. The largest absolute Gasteiger partial charge is 0.384 e. The third-order valence-corrected chi connectivity index (χ3v) is 4.66. The van der Waals surface area contributed by atoms with E-state index < -0.39 is 0 Å². The second-order valence-electron chi connectivity index (χ2n) is 6.52.